The van der Waals surface area contributed by atoms with Crippen molar-refractivity contribution in [1.29, 1.82) is 0 Å². The third-order valence-corrected chi connectivity index (χ3v) is 4.93. The van der Waals surface area contributed by atoms with Crippen LogP contribution in [0.2, 0.25) is 0 Å². The molecule has 2 rings (SSSR count). The van der Waals surface area contributed by atoms with Crippen LogP contribution in [0.15, 0.2) is 30.3 Å². The zero-order valence-electron chi connectivity index (χ0n) is 14.5. The number of halogens is 1. The summed E-state index contributed by atoms with van der Waals surface area (Å²) in [6.45, 7) is 8.18. The highest BCUT2D eigenvalue weighted by Crippen LogP contribution is 2.24. The molecule has 1 atom stereocenters. The summed E-state index contributed by atoms with van der Waals surface area (Å²) in [5, 5.41) is 3.40. The normalized spacial score (nSPS) is 16.4. The number of amides is 1. The smallest absolute Gasteiger partial charge is 0.222 e. The standard InChI is InChI=1S/C19H30N2O.ClH/c1-3-21(14-11-17-7-5-4-6-8-17)19(22)15-16(2)18-9-12-20-13-10-18;/h4-8,16,18,20H,3,9-15H2,1-2H3;1H. The predicted octanol–water partition coefficient (Wildman–Crippen LogP) is 3.53. The summed E-state index contributed by atoms with van der Waals surface area (Å²) in [4.78, 5) is 14.6. The van der Waals surface area contributed by atoms with Gasteiger partial charge < -0.3 is 10.2 Å². The van der Waals surface area contributed by atoms with Gasteiger partial charge in [0.05, 0.1) is 0 Å². The van der Waals surface area contributed by atoms with Crippen molar-refractivity contribution >= 4 is 18.3 Å². The Hall–Kier alpha value is -1.06. The molecular weight excluding hydrogens is 308 g/mol. The lowest BCUT2D eigenvalue weighted by Gasteiger charge is -2.30. The van der Waals surface area contributed by atoms with E-state index in [9.17, 15) is 4.79 Å². The van der Waals surface area contributed by atoms with Gasteiger partial charge in [0.15, 0.2) is 0 Å². The maximum atomic E-state index is 12.6. The van der Waals surface area contributed by atoms with E-state index < -0.39 is 0 Å². The molecule has 0 bridgehead atoms. The van der Waals surface area contributed by atoms with Gasteiger partial charge in [-0.3, -0.25) is 4.79 Å². The van der Waals surface area contributed by atoms with Gasteiger partial charge >= 0.3 is 0 Å². The molecule has 23 heavy (non-hydrogen) atoms. The molecule has 3 nitrogen and oxygen atoms in total. The number of carbonyl (C=O) groups excluding carboxylic acids is 1. The lowest BCUT2D eigenvalue weighted by Crippen LogP contribution is -2.36. The van der Waals surface area contributed by atoms with Crippen LogP contribution in [0.1, 0.15) is 38.7 Å². The van der Waals surface area contributed by atoms with Crippen molar-refractivity contribution in [3.05, 3.63) is 35.9 Å². The quantitative estimate of drug-likeness (QED) is 0.825. The van der Waals surface area contributed by atoms with Gasteiger partial charge in [0.2, 0.25) is 5.91 Å². The van der Waals surface area contributed by atoms with Gasteiger partial charge in [-0.05, 0) is 56.7 Å². The van der Waals surface area contributed by atoms with Crippen molar-refractivity contribution in [2.45, 2.75) is 39.5 Å². The van der Waals surface area contributed by atoms with E-state index in [1.165, 1.54) is 18.4 Å². The Bertz CT molecular complexity index is 446. The number of nitrogens with zero attached hydrogens (tertiary/aromatic N) is 1. The molecule has 1 saturated heterocycles. The van der Waals surface area contributed by atoms with Crippen molar-refractivity contribution in [3.8, 4) is 0 Å². The highest BCUT2D eigenvalue weighted by molar-refractivity contribution is 5.85. The average molecular weight is 339 g/mol. The Morgan fingerprint density at radius 3 is 2.52 bits per heavy atom. The molecule has 0 aromatic heterocycles. The Morgan fingerprint density at radius 2 is 1.91 bits per heavy atom. The van der Waals surface area contributed by atoms with Crippen LogP contribution in [0.5, 0.6) is 0 Å². The Balaban J connectivity index is 0.00000264. The summed E-state index contributed by atoms with van der Waals surface area (Å²) in [6.07, 6.45) is 4.07. The van der Waals surface area contributed by atoms with E-state index >= 15 is 0 Å². The third-order valence-electron chi connectivity index (χ3n) is 4.93. The number of carbonyl (C=O) groups is 1. The minimum Gasteiger partial charge on any atom is -0.343 e. The molecule has 1 amide bonds. The summed E-state index contributed by atoms with van der Waals surface area (Å²) in [5.41, 5.74) is 1.31. The van der Waals surface area contributed by atoms with Gasteiger partial charge in [-0.2, -0.15) is 0 Å². The largest absolute Gasteiger partial charge is 0.343 e. The highest BCUT2D eigenvalue weighted by atomic mass is 35.5. The molecule has 0 saturated carbocycles. The first kappa shape index (κ1) is 20.0. The fourth-order valence-electron chi connectivity index (χ4n) is 3.35. The van der Waals surface area contributed by atoms with Crippen LogP contribution in [-0.2, 0) is 11.2 Å². The summed E-state index contributed by atoms with van der Waals surface area (Å²) in [5.74, 6) is 1.53. The van der Waals surface area contributed by atoms with E-state index in [1.807, 2.05) is 11.0 Å². The van der Waals surface area contributed by atoms with E-state index in [0.29, 0.717) is 24.2 Å². The molecule has 1 aromatic rings. The number of hydrogen-bond donors (Lipinski definition) is 1. The molecule has 0 spiro atoms. The lowest BCUT2D eigenvalue weighted by molar-refractivity contribution is -0.132. The predicted molar refractivity (Wildman–Crippen MR) is 99.0 cm³/mol. The van der Waals surface area contributed by atoms with Crippen molar-refractivity contribution in [3.63, 3.8) is 0 Å². The molecule has 4 heteroatoms. The Labute approximate surface area is 147 Å². The zero-order valence-corrected chi connectivity index (χ0v) is 15.3. The second-order valence-corrected chi connectivity index (χ2v) is 6.48. The molecule has 0 radical (unpaired) electrons. The number of nitrogens with one attached hydrogen (secondary N) is 1. The highest BCUT2D eigenvalue weighted by Gasteiger charge is 2.23. The fraction of sp³-hybridized carbons (Fsp3) is 0.632. The van der Waals surface area contributed by atoms with Gasteiger partial charge in [-0.1, -0.05) is 37.3 Å². The average Bonchev–Trinajstić information content (AvgIpc) is 2.57. The maximum Gasteiger partial charge on any atom is 0.222 e. The molecular formula is C19H31ClN2O. The van der Waals surface area contributed by atoms with Crippen LogP contribution in [0, 0.1) is 11.8 Å². The van der Waals surface area contributed by atoms with Crippen LogP contribution in [0.4, 0.5) is 0 Å². The SMILES string of the molecule is CCN(CCc1ccccc1)C(=O)CC(C)C1CCNCC1.Cl. The zero-order chi connectivity index (χ0) is 15.8. The van der Waals surface area contributed by atoms with Crippen LogP contribution in [-0.4, -0.2) is 37.0 Å². The number of benzene rings is 1. The number of rotatable bonds is 7. The lowest BCUT2D eigenvalue weighted by atomic mass is 9.84. The van der Waals surface area contributed by atoms with E-state index in [0.717, 1.165) is 32.6 Å². The van der Waals surface area contributed by atoms with Crippen molar-refractivity contribution in [2.24, 2.45) is 11.8 Å². The summed E-state index contributed by atoms with van der Waals surface area (Å²) in [6, 6.07) is 10.4. The summed E-state index contributed by atoms with van der Waals surface area (Å²) in [7, 11) is 0. The molecule has 1 fully saturated rings. The van der Waals surface area contributed by atoms with Crippen molar-refractivity contribution < 1.29 is 4.79 Å². The molecule has 1 heterocycles. The van der Waals surface area contributed by atoms with Crippen molar-refractivity contribution in [1.82, 2.24) is 10.2 Å². The van der Waals surface area contributed by atoms with E-state index in [1.54, 1.807) is 0 Å². The first-order valence-electron chi connectivity index (χ1n) is 8.73. The van der Waals surface area contributed by atoms with Crippen molar-refractivity contribution in [2.75, 3.05) is 26.2 Å². The number of likely N-dealkylation sites (N-methyl/N-ethyl adjacent to an activating group) is 1. The minimum absolute atomic E-state index is 0. The summed E-state index contributed by atoms with van der Waals surface area (Å²) >= 11 is 0. The number of piperidine rings is 1. The molecule has 1 N–H and O–H groups in total. The van der Waals surface area contributed by atoms with Crippen LogP contribution >= 0.6 is 12.4 Å². The van der Waals surface area contributed by atoms with E-state index in [2.05, 4.69) is 43.4 Å². The molecule has 1 unspecified atom stereocenters. The second kappa shape index (κ2) is 10.7. The number of hydrogen-bond acceptors (Lipinski definition) is 2. The minimum atomic E-state index is 0. The van der Waals surface area contributed by atoms with E-state index in [-0.39, 0.29) is 12.4 Å². The van der Waals surface area contributed by atoms with Gasteiger partial charge in [-0.15, -0.1) is 12.4 Å². The third kappa shape index (κ3) is 6.52. The van der Waals surface area contributed by atoms with Crippen LogP contribution in [0.25, 0.3) is 0 Å². The van der Waals surface area contributed by atoms with Gasteiger partial charge in [-0.25, -0.2) is 0 Å². The van der Waals surface area contributed by atoms with Gasteiger partial charge in [0.1, 0.15) is 0 Å². The fourth-order valence-corrected chi connectivity index (χ4v) is 3.35. The van der Waals surface area contributed by atoms with E-state index in [4.69, 9.17) is 0 Å². The molecule has 1 aliphatic rings. The first-order valence-corrected chi connectivity index (χ1v) is 8.73. The Kier molecular flexibility index (Phi) is 9.27. The second-order valence-electron chi connectivity index (χ2n) is 6.48. The maximum absolute atomic E-state index is 12.6. The summed E-state index contributed by atoms with van der Waals surface area (Å²) < 4.78 is 0. The van der Waals surface area contributed by atoms with Gasteiger partial charge in [0.25, 0.3) is 0 Å². The Morgan fingerprint density at radius 1 is 1.26 bits per heavy atom. The first-order chi connectivity index (χ1) is 10.7. The molecule has 0 aliphatic carbocycles. The topological polar surface area (TPSA) is 32.3 Å². The van der Waals surface area contributed by atoms with Crippen LogP contribution < -0.4 is 5.32 Å². The van der Waals surface area contributed by atoms with Crippen LogP contribution in [0.3, 0.4) is 0 Å². The molecule has 1 aliphatic heterocycles. The monoisotopic (exact) mass is 338 g/mol. The molecule has 1 aromatic carbocycles. The molecule has 130 valence electrons. The van der Waals surface area contributed by atoms with Gasteiger partial charge in [0, 0.05) is 19.5 Å².